The molecule has 2 aliphatic rings. The molecule has 0 saturated carbocycles. The van der Waals surface area contributed by atoms with Crippen molar-refractivity contribution in [2.24, 2.45) is 5.92 Å². The van der Waals surface area contributed by atoms with Crippen LogP contribution in [0, 0.1) is 5.92 Å². The molecule has 2 nitrogen and oxygen atoms in total. The Morgan fingerprint density at radius 1 is 1.14 bits per heavy atom. The second-order valence-corrected chi connectivity index (χ2v) is 6.38. The highest BCUT2D eigenvalue weighted by molar-refractivity contribution is 5.23. The summed E-state index contributed by atoms with van der Waals surface area (Å²) in [5, 5.41) is 3.62. The van der Waals surface area contributed by atoms with E-state index in [1.807, 2.05) is 12.1 Å². The van der Waals surface area contributed by atoms with Crippen LogP contribution in [0.25, 0.3) is 0 Å². The van der Waals surface area contributed by atoms with E-state index in [4.69, 9.17) is 0 Å². The molecule has 0 amide bonds. The van der Waals surface area contributed by atoms with Crippen molar-refractivity contribution < 1.29 is 8.78 Å². The first-order valence-corrected chi connectivity index (χ1v) is 8.05. The predicted octanol–water partition coefficient (Wildman–Crippen LogP) is 3.59. The van der Waals surface area contributed by atoms with Crippen molar-refractivity contribution in [1.82, 2.24) is 10.2 Å². The number of benzene rings is 1. The molecule has 21 heavy (non-hydrogen) atoms. The van der Waals surface area contributed by atoms with E-state index in [1.165, 1.54) is 25.7 Å². The van der Waals surface area contributed by atoms with Gasteiger partial charge in [0, 0.05) is 24.7 Å². The summed E-state index contributed by atoms with van der Waals surface area (Å²) in [6, 6.07) is 7.49. The highest BCUT2D eigenvalue weighted by Gasteiger charge is 2.28. The highest BCUT2D eigenvalue weighted by Crippen LogP contribution is 2.26. The minimum atomic E-state index is -2.37. The Kier molecular flexibility index (Phi) is 4.86. The summed E-state index contributed by atoms with van der Waals surface area (Å²) in [5.41, 5.74) is 1.25. The summed E-state index contributed by atoms with van der Waals surface area (Å²) < 4.78 is 25.1. The lowest BCUT2D eigenvalue weighted by Crippen LogP contribution is -2.43. The van der Waals surface area contributed by atoms with E-state index in [0.717, 1.165) is 37.7 Å². The molecule has 2 heterocycles. The van der Waals surface area contributed by atoms with Crippen molar-refractivity contribution in [2.75, 3.05) is 19.6 Å². The van der Waals surface area contributed by atoms with Crippen LogP contribution in [0.5, 0.6) is 0 Å². The fourth-order valence-electron chi connectivity index (χ4n) is 3.70. The molecule has 3 rings (SSSR count). The Labute approximate surface area is 125 Å². The SMILES string of the molecule is FC(F)c1ccc(CN2CCCC(C3CCCN3)C2)cc1. The molecule has 0 bridgehead atoms. The lowest BCUT2D eigenvalue weighted by atomic mass is 9.89. The second-order valence-electron chi connectivity index (χ2n) is 6.38. The summed E-state index contributed by atoms with van der Waals surface area (Å²) in [6.45, 7) is 4.30. The monoisotopic (exact) mass is 294 g/mol. The minimum Gasteiger partial charge on any atom is -0.314 e. The molecule has 1 aromatic carbocycles. The number of nitrogens with zero attached hydrogens (tertiary/aromatic N) is 1. The number of halogens is 2. The highest BCUT2D eigenvalue weighted by atomic mass is 19.3. The maximum absolute atomic E-state index is 12.6. The van der Waals surface area contributed by atoms with Gasteiger partial charge in [-0.2, -0.15) is 0 Å². The Morgan fingerprint density at radius 3 is 2.62 bits per heavy atom. The number of nitrogens with one attached hydrogen (secondary N) is 1. The second kappa shape index (κ2) is 6.84. The van der Waals surface area contributed by atoms with Gasteiger partial charge in [0.2, 0.25) is 0 Å². The largest absolute Gasteiger partial charge is 0.314 e. The standard InChI is InChI=1S/C17H24F2N2/c18-17(19)14-7-5-13(6-8-14)11-21-10-2-3-15(12-21)16-4-1-9-20-16/h5-8,15-17,20H,1-4,9-12H2. The summed E-state index contributed by atoms with van der Waals surface area (Å²) in [5.74, 6) is 0.751. The third-order valence-corrected chi connectivity index (χ3v) is 4.85. The van der Waals surface area contributed by atoms with Crippen LogP contribution in [0.15, 0.2) is 24.3 Å². The lowest BCUT2D eigenvalue weighted by Gasteiger charge is -2.35. The first-order chi connectivity index (χ1) is 10.2. The van der Waals surface area contributed by atoms with Gasteiger partial charge in [-0.3, -0.25) is 4.90 Å². The smallest absolute Gasteiger partial charge is 0.263 e. The molecule has 0 aliphatic carbocycles. The van der Waals surface area contributed by atoms with E-state index in [-0.39, 0.29) is 5.56 Å². The maximum Gasteiger partial charge on any atom is 0.263 e. The zero-order chi connectivity index (χ0) is 14.7. The fraction of sp³-hybridized carbons (Fsp3) is 0.647. The summed E-state index contributed by atoms with van der Waals surface area (Å²) >= 11 is 0. The zero-order valence-electron chi connectivity index (χ0n) is 12.4. The van der Waals surface area contributed by atoms with Crippen molar-refractivity contribution in [3.05, 3.63) is 35.4 Å². The molecule has 4 heteroatoms. The third-order valence-electron chi connectivity index (χ3n) is 4.85. The van der Waals surface area contributed by atoms with Crippen LogP contribution in [-0.4, -0.2) is 30.6 Å². The maximum atomic E-state index is 12.6. The molecule has 0 spiro atoms. The minimum absolute atomic E-state index is 0.116. The molecule has 0 aromatic heterocycles. The number of likely N-dealkylation sites (tertiary alicyclic amines) is 1. The molecular weight excluding hydrogens is 270 g/mol. The van der Waals surface area contributed by atoms with Crippen molar-refractivity contribution in [1.29, 1.82) is 0 Å². The van der Waals surface area contributed by atoms with Gasteiger partial charge in [-0.1, -0.05) is 24.3 Å². The van der Waals surface area contributed by atoms with Gasteiger partial charge in [0.1, 0.15) is 0 Å². The van der Waals surface area contributed by atoms with Crippen LogP contribution >= 0.6 is 0 Å². The van der Waals surface area contributed by atoms with Crippen LogP contribution in [-0.2, 0) is 6.54 Å². The molecule has 0 radical (unpaired) electrons. The van der Waals surface area contributed by atoms with Crippen molar-refractivity contribution >= 4 is 0 Å². The average molecular weight is 294 g/mol. The molecule has 1 aromatic rings. The molecule has 116 valence electrons. The first kappa shape index (κ1) is 14.9. The van der Waals surface area contributed by atoms with Gasteiger partial charge in [-0.15, -0.1) is 0 Å². The third kappa shape index (κ3) is 3.80. The molecule has 2 aliphatic heterocycles. The first-order valence-electron chi connectivity index (χ1n) is 8.05. The summed E-state index contributed by atoms with van der Waals surface area (Å²) in [7, 11) is 0. The molecule has 1 N–H and O–H groups in total. The fourth-order valence-corrected chi connectivity index (χ4v) is 3.70. The van der Waals surface area contributed by atoms with Crippen LogP contribution in [0.1, 0.15) is 43.2 Å². The predicted molar refractivity (Wildman–Crippen MR) is 80.4 cm³/mol. The molecule has 2 saturated heterocycles. The quantitative estimate of drug-likeness (QED) is 0.913. The lowest BCUT2D eigenvalue weighted by molar-refractivity contribution is 0.145. The molecular formula is C17H24F2N2. The van der Waals surface area contributed by atoms with Gasteiger partial charge in [0.05, 0.1) is 0 Å². The number of rotatable bonds is 4. The number of piperidine rings is 1. The van der Waals surface area contributed by atoms with Crippen molar-refractivity contribution in [3.63, 3.8) is 0 Å². The number of alkyl halides is 2. The Morgan fingerprint density at radius 2 is 1.95 bits per heavy atom. The van der Waals surface area contributed by atoms with E-state index in [0.29, 0.717) is 6.04 Å². The van der Waals surface area contributed by atoms with Gasteiger partial charge in [-0.25, -0.2) is 8.78 Å². The molecule has 2 atom stereocenters. The van der Waals surface area contributed by atoms with Crippen molar-refractivity contribution in [3.8, 4) is 0 Å². The summed E-state index contributed by atoms with van der Waals surface area (Å²) in [4.78, 5) is 2.48. The van der Waals surface area contributed by atoms with Gasteiger partial charge in [-0.05, 0) is 50.3 Å². The van der Waals surface area contributed by atoms with Crippen molar-refractivity contribution in [2.45, 2.75) is 44.7 Å². The van der Waals surface area contributed by atoms with Crippen LogP contribution in [0.3, 0.4) is 0 Å². The van der Waals surface area contributed by atoms with Gasteiger partial charge in [0.15, 0.2) is 0 Å². The Bertz CT molecular complexity index is 441. The van der Waals surface area contributed by atoms with E-state index in [1.54, 1.807) is 12.1 Å². The topological polar surface area (TPSA) is 15.3 Å². The molecule has 2 fully saturated rings. The van der Waals surface area contributed by atoms with E-state index >= 15 is 0 Å². The van der Waals surface area contributed by atoms with E-state index < -0.39 is 6.43 Å². The summed E-state index contributed by atoms with van der Waals surface area (Å²) in [6.07, 6.45) is 2.81. The zero-order valence-corrected chi connectivity index (χ0v) is 12.4. The van der Waals surface area contributed by atoms with E-state index in [9.17, 15) is 8.78 Å². The average Bonchev–Trinajstić information content (AvgIpc) is 3.02. The van der Waals surface area contributed by atoms with Crippen LogP contribution in [0.2, 0.25) is 0 Å². The van der Waals surface area contributed by atoms with Gasteiger partial charge >= 0.3 is 0 Å². The van der Waals surface area contributed by atoms with Gasteiger partial charge in [0.25, 0.3) is 6.43 Å². The van der Waals surface area contributed by atoms with Crippen LogP contribution < -0.4 is 5.32 Å². The van der Waals surface area contributed by atoms with Crippen LogP contribution in [0.4, 0.5) is 8.78 Å². The number of hydrogen-bond donors (Lipinski definition) is 1. The molecule has 2 unspecified atom stereocenters. The normalized spacial score (nSPS) is 27.4. The van der Waals surface area contributed by atoms with Gasteiger partial charge < -0.3 is 5.32 Å². The Hall–Kier alpha value is -1.00. The van der Waals surface area contributed by atoms with E-state index in [2.05, 4.69) is 10.2 Å². The Balaban J connectivity index is 1.56. The number of hydrogen-bond acceptors (Lipinski definition) is 2.